The van der Waals surface area contributed by atoms with Crippen molar-refractivity contribution in [3.05, 3.63) is 32.2 Å². The predicted molar refractivity (Wildman–Crippen MR) is 79.6 cm³/mol. The van der Waals surface area contributed by atoms with E-state index in [4.69, 9.17) is 5.11 Å². The van der Waals surface area contributed by atoms with Crippen molar-refractivity contribution < 1.29 is 14.7 Å². The van der Waals surface area contributed by atoms with Crippen molar-refractivity contribution in [2.75, 3.05) is 7.05 Å². The first-order valence-electron chi connectivity index (χ1n) is 6.03. The number of carboxylic acid groups (broad SMARTS) is 1. The smallest absolute Gasteiger partial charge is 0.355 e. The van der Waals surface area contributed by atoms with E-state index in [9.17, 15) is 9.59 Å². The average molecular weight is 326 g/mol. The molecule has 2 aromatic heterocycles. The van der Waals surface area contributed by atoms with E-state index < -0.39 is 5.97 Å². The highest BCUT2D eigenvalue weighted by molar-refractivity contribution is 7.10. The van der Waals surface area contributed by atoms with Crippen molar-refractivity contribution in [3.8, 4) is 0 Å². The molecule has 0 saturated heterocycles. The highest BCUT2D eigenvalue weighted by Gasteiger charge is 2.13. The molecule has 0 saturated carbocycles. The zero-order valence-corrected chi connectivity index (χ0v) is 13.1. The second-order valence-corrected chi connectivity index (χ2v) is 6.19. The van der Waals surface area contributed by atoms with Gasteiger partial charge in [0.25, 0.3) is 0 Å². The SMILES string of the molecule is Cc1ncsc1CN(C)C(=O)NCc1nc(C(=O)O)cs1. The number of aromatic carboxylic acids is 1. The van der Waals surface area contributed by atoms with Gasteiger partial charge in [0.05, 0.1) is 24.3 Å². The van der Waals surface area contributed by atoms with E-state index in [1.165, 1.54) is 28.1 Å². The minimum absolute atomic E-state index is 0.00196. The lowest BCUT2D eigenvalue weighted by Gasteiger charge is -2.16. The maximum Gasteiger partial charge on any atom is 0.355 e. The van der Waals surface area contributed by atoms with Crippen LogP contribution in [-0.2, 0) is 13.1 Å². The fourth-order valence-electron chi connectivity index (χ4n) is 1.54. The number of carbonyl (C=O) groups excluding carboxylic acids is 1. The van der Waals surface area contributed by atoms with Crippen LogP contribution in [0.2, 0.25) is 0 Å². The predicted octanol–water partition coefficient (Wildman–Crippen LogP) is 1.95. The van der Waals surface area contributed by atoms with E-state index in [0.717, 1.165) is 10.6 Å². The van der Waals surface area contributed by atoms with Crippen LogP contribution in [0.5, 0.6) is 0 Å². The maximum absolute atomic E-state index is 12.0. The molecule has 0 aliphatic heterocycles. The molecule has 9 heteroatoms. The van der Waals surface area contributed by atoms with E-state index >= 15 is 0 Å². The molecule has 2 N–H and O–H groups in total. The molecule has 0 atom stereocenters. The first-order chi connectivity index (χ1) is 9.97. The molecule has 2 heterocycles. The number of hydrogen-bond acceptors (Lipinski definition) is 6. The van der Waals surface area contributed by atoms with E-state index in [-0.39, 0.29) is 18.3 Å². The summed E-state index contributed by atoms with van der Waals surface area (Å²) in [6.07, 6.45) is 0. The summed E-state index contributed by atoms with van der Waals surface area (Å²) in [6, 6.07) is -0.241. The number of aryl methyl sites for hydroxylation is 1. The molecule has 0 aliphatic carbocycles. The van der Waals surface area contributed by atoms with Gasteiger partial charge in [-0.3, -0.25) is 0 Å². The molecule has 0 spiro atoms. The number of nitrogens with one attached hydrogen (secondary N) is 1. The molecule has 0 radical (unpaired) electrons. The number of urea groups is 1. The Balaban J connectivity index is 1.86. The van der Waals surface area contributed by atoms with Crippen LogP contribution in [0.4, 0.5) is 4.79 Å². The van der Waals surface area contributed by atoms with Crippen LogP contribution in [0.15, 0.2) is 10.9 Å². The van der Waals surface area contributed by atoms with Crippen LogP contribution in [-0.4, -0.2) is 39.0 Å². The zero-order valence-electron chi connectivity index (χ0n) is 11.5. The standard InChI is InChI=1S/C12H14N4O3S2/c1-7-9(21-6-14-7)4-16(2)12(19)13-3-10-15-8(5-20-10)11(17)18/h5-6H,3-4H2,1-2H3,(H,13,19)(H,17,18). The first-order valence-corrected chi connectivity index (χ1v) is 7.79. The van der Waals surface area contributed by atoms with Gasteiger partial charge in [0.15, 0.2) is 5.69 Å². The fourth-order valence-corrected chi connectivity index (χ4v) is 3.08. The number of amides is 2. The van der Waals surface area contributed by atoms with Crippen LogP contribution in [0.25, 0.3) is 0 Å². The number of carboxylic acids is 1. The molecule has 112 valence electrons. The molecular weight excluding hydrogens is 312 g/mol. The third-order valence-electron chi connectivity index (χ3n) is 2.73. The number of carbonyl (C=O) groups is 2. The van der Waals surface area contributed by atoms with Crippen molar-refractivity contribution in [2.45, 2.75) is 20.0 Å². The Hall–Kier alpha value is -2.00. The van der Waals surface area contributed by atoms with E-state index in [2.05, 4.69) is 15.3 Å². The van der Waals surface area contributed by atoms with Crippen molar-refractivity contribution >= 4 is 34.7 Å². The van der Waals surface area contributed by atoms with E-state index in [0.29, 0.717) is 11.6 Å². The fraction of sp³-hybridized carbons (Fsp3) is 0.333. The first kappa shape index (κ1) is 15.4. The summed E-state index contributed by atoms with van der Waals surface area (Å²) in [5.74, 6) is -1.07. The number of aromatic nitrogens is 2. The molecule has 21 heavy (non-hydrogen) atoms. The normalized spacial score (nSPS) is 10.4. The van der Waals surface area contributed by atoms with Crippen LogP contribution in [0.3, 0.4) is 0 Å². The average Bonchev–Trinajstić information content (AvgIpc) is 3.06. The lowest BCUT2D eigenvalue weighted by molar-refractivity contribution is 0.0691. The Morgan fingerprint density at radius 2 is 2.19 bits per heavy atom. The van der Waals surface area contributed by atoms with Gasteiger partial charge in [-0.25, -0.2) is 19.6 Å². The Kier molecular flexibility index (Phi) is 4.86. The topological polar surface area (TPSA) is 95.4 Å². The van der Waals surface area contributed by atoms with Gasteiger partial charge in [0.1, 0.15) is 5.01 Å². The lowest BCUT2D eigenvalue weighted by atomic mass is 10.4. The molecule has 2 aromatic rings. The van der Waals surface area contributed by atoms with Crippen molar-refractivity contribution in [3.63, 3.8) is 0 Å². The molecule has 0 bridgehead atoms. The van der Waals surface area contributed by atoms with E-state index in [1.807, 2.05) is 6.92 Å². The molecule has 7 nitrogen and oxygen atoms in total. The summed E-state index contributed by atoms with van der Waals surface area (Å²) in [4.78, 5) is 33.3. The molecule has 0 aromatic carbocycles. The molecule has 2 amide bonds. The highest BCUT2D eigenvalue weighted by atomic mass is 32.1. The Bertz CT molecular complexity index is 652. The van der Waals surface area contributed by atoms with Crippen LogP contribution in [0, 0.1) is 6.92 Å². The Morgan fingerprint density at radius 3 is 2.76 bits per heavy atom. The summed E-state index contributed by atoms with van der Waals surface area (Å²) in [5.41, 5.74) is 2.67. The van der Waals surface area contributed by atoms with Gasteiger partial charge >= 0.3 is 12.0 Å². The lowest BCUT2D eigenvalue weighted by Crippen LogP contribution is -2.36. The Morgan fingerprint density at radius 1 is 1.43 bits per heavy atom. The molecule has 0 unspecified atom stereocenters. The van der Waals surface area contributed by atoms with Gasteiger partial charge in [-0.2, -0.15) is 0 Å². The number of rotatable bonds is 5. The summed E-state index contributed by atoms with van der Waals surface area (Å²) >= 11 is 2.71. The number of hydrogen-bond donors (Lipinski definition) is 2. The van der Waals surface area contributed by atoms with Crippen LogP contribution in [0.1, 0.15) is 26.1 Å². The van der Waals surface area contributed by atoms with Gasteiger partial charge in [-0.15, -0.1) is 22.7 Å². The van der Waals surface area contributed by atoms with Crippen LogP contribution >= 0.6 is 22.7 Å². The molecule has 0 aliphatic rings. The molecular formula is C12H14N4O3S2. The van der Waals surface area contributed by atoms with Crippen molar-refractivity contribution in [2.24, 2.45) is 0 Å². The van der Waals surface area contributed by atoms with Gasteiger partial charge in [0, 0.05) is 17.3 Å². The minimum atomic E-state index is -1.07. The van der Waals surface area contributed by atoms with Gasteiger partial charge < -0.3 is 15.3 Å². The summed E-state index contributed by atoms with van der Waals surface area (Å²) in [5, 5.41) is 13.5. The molecule has 0 fully saturated rings. The number of thiazole rings is 2. The Labute approximate surface area is 129 Å². The minimum Gasteiger partial charge on any atom is -0.476 e. The quantitative estimate of drug-likeness (QED) is 0.875. The zero-order chi connectivity index (χ0) is 15.4. The third kappa shape index (κ3) is 3.99. The molecule has 2 rings (SSSR count). The van der Waals surface area contributed by atoms with Crippen LogP contribution < -0.4 is 5.32 Å². The van der Waals surface area contributed by atoms with Gasteiger partial charge in [0.2, 0.25) is 0 Å². The largest absolute Gasteiger partial charge is 0.476 e. The summed E-state index contributed by atoms with van der Waals surface area (Å²) in [6.45, 7) is 2.60. The van der Waals surface area contributed by atoms with Crippen molar-refractivity contribution in [1.29, 1.82) is 0 Å². The van der Waals surface area contributed by atoms with Crippen molar-refractivity contribution in [1.82, 2.24) is 20.2 Å². The van der Waals surface area contributed by atoms with E-state index in [1.54, 1.807) is 17.5 Å². The monoisotopic (exact) mass is 326 g/mol. The summed E-state index contributed by atoms with van der Waals surface area (Å²) in [7, 11) is 1.69. The summed E-state index contributed by atoms with van der Waals surface area (Å²) < 4.78 is 0. The number of nitrogens with zero attached hydrogens (tertiary/aromatic N) is 3. The second kappa shape index (κ2) is 6.64. The second-order valence-electron chi connectivity index (χ2n) is 4.31. The van der Waals surface area contributed by atoms with Gasteiger partial charge in [-0.1, -0.05) is 0 Å². The maximum atomic E-state index is 12.0. The van der Waals surface area contributed by atoms with Gasteiger partial charge in [-0.05, 0) is 6.92 Å². The highest BCUT2D eigenvalue weighted by Crippen LogP contribution is 2.14. The third-order valence-corrected chi connectivity index (χ3v) is 4.50.